The van der Waals surface area contributed by atoms with E-state index in [2.05, 4.69) is 5.16 Å². The van der Waals surface area contributed by atoms with E-state index in [0.717, 1.165) is 11.3 Å². The molecule has 1 atom stereocenters. The number of benzene rings is 1. The fourth-order valence-electron chi connectivity index (χ4n) is 4.04. The summed E-state index contributed by atoms with van der Waals surface area (Å²) in [5.41, 5.74) is 1.92. The largest absolute Gasteiger partial charge is 0.428 e. The number of carbonyl (C=O) groups is 2. The first-order valence-corrected chi connectivity index (χ1v) is 9.96. The summed E-state index contributed by atoms with van der Waals surface area (Å²) in [4.78, 5) is 36.5. The Morgan fingerprint density at radius 1 is 1.20 bits per heavy atom. The minimum absolute atomic E-state index is 0.328. The van der Waals surface area contributed by atoms with Gasteiger partial charge >= 0.3 is 5.97 Å². The van der Waals surface area contributed by atoms with Gasteiger partial charge < -0.3 is 14.3 Å². The summed E-state index contributed by atoms with van der Waals surface area (Å²) in [7, 11) is 3.01. The summed E-state index contributed by atoms with van der Waals surface area (Å²) in [6, 6.07) is 7.52. The van der Waals surface area contributed by atoms with Gasteiger partial charge in [0.15, 0.2) is 6.29 Å². The number of carbonyl (C=O) groups excluding carboxylic acids is 2. The second-order valence-electron chi connectivity index (χ2n) is 7.49. The molecule has 1 heterocycles. The SMILES string of the molecule is CON=C1CCC2(CC1)C(OC(C)=O)=C(c1ccccc1C)C(=O)N2OC(C)OC. The molecule has 162 valence electrons. The van der Waals surface area contributed by atoms with Crippen LogP contribution in [0, 0.1) is 6.92 Å². The predicted octanol–water partition coefficient (Wildman–Crippen LogP) is 3.35. The third-order valence-corrected chi connectivity index (χ3v) is 5.56. The molecule has 1 aliphatic heterocycles. The van der Waals surface area contributed by atoms with Gasteiger partial charge in [0.2, 0.25) is 0 Å². The number of hydroxylamine groups is 2. The zero-order valence-corrected chi connectivity index (χ0v) is 18.1. The van der Waals surface area contributed by atoms with Crippen LogP contribution in [0.4, 0.5) is 0 Å². The standard InChI is InChI=1S/C22H28N2O6/c1-14-8-6-7-9-18(14)19-20(29-15(2)25)22(12-10-17(11-13-22)23-28-5)24(21(19)26)30-16(3)27-4/h6-9,16H,10-13H2,1-5H3. The lowest BCUT2D eigenvalue weighted by Gasteiger charge is -2.41. The lowest BCUT2D eigenvalue weighted by molar-refractivity contribution is -0.283. The van der Waals surface area contributed by atoms with E-state index >= 15 is 0 Å². The number of hydrogen-bond acceptors (Lipinski definition) is 7. The molecule has 0 aromatic heterocycles. The number of methoxy groups -OCH3 is 1. The highest BCUT2D eigenvalue weighted by molar-refractivity contribution is 6.23. The molecule has 0 saturated heterocycles. The summed E-state index contributed by atoms with van der Waals surface area (Å²) in [5.74, 6) is -0.507. The van der Waals surface area contributed by atoms with Crippen molar-refractivity contribution in [2.24, 2.45) is 5.16 Å². The third kappa shape index (κ3) is 3.97. The number of hydrogen-bond donors (Lipinski definition) is 0. The molecule has 1 spiro atoms. The molecule has 1 aromatic rings. The van der Waals surface area contributed by atoms with Crippen LogP contribution in [-0.2, 0) is 28.7 Å². The zero-order chi connectivity index (χ0) is 21.9. The monoisotopic (exact) mass is 416 g/mol. The van der Waals surface area contributed by atoms with Crippen molar-refractivity contribution in [1.82, 2.24) is 5.06 Å². The number of rotatable bonds is 6. The second kappa shape index (κ2) is 8.97. The Morgan fingerprint density at radius 2 is 1.87 bits per heavy atom. The van der Waals surface area contributed by atoms with Crippen molar-refractivity contribution < 1.29 is 28.7 Å². The maximum absolute atomic E-state index is 13.6. The highest BCUT2D eigenvalue weighted by atomic mass is 16.8. The van der Waals surface area contributed by atoms with Crippen LogP contribution in [0.3, 0.4) is 0 Å². The molecule has 1 fully saturated rings. The minimum Gasteiger partial charge on any atom is -0.428 e. The third-order valence-electron chi connectivity index (χ3n) is 5.56. The van der Waals surface area contributed by atoms with Gasteiger partial charge in [0.25, 0.3) is 5.91 Å². The van der Waals surface area contributed by atoms with Crippen molar-refractivity contribution in [3.05, 3.63) is 41.2 Å². The fourth-order valence-corrected chi connectivity index (χ4v) is 4.04. The van der Waals surface area contributed by atoms with Crippen molar-refractivity contribution in [2.75, 3.05) is 14.2 Å². The zero-order valence-electron chi connectivity index (χ0n) is 18.1. The molecular weight excluding hydrogens is 388 g/mol. The fraction of sp³-hybridized carbons (Fsp3) is 0.500. The van der Waals surface area contributed by atoms with E-state index in [0.29, 0.717) is 42.6 Å². The first-order valence-electron chi connectivity index (χ1n) is 9.96. The van der Waals surface area contributed by atoms with Crippen molar-refractivity contribution in [1.29, 1.82) is 0 Å². The lowest BCUT2D eigenvalue weighted by Crippen LogP contribution is -2.52. The molecule has 1 saturated carbocycles. The van der Waals surface area contributed by atoms with E-state index in [9.17, 15) is 9.59 Å². The van der Waals surface area contributed by atoms with Gasteiger partial charge in [-0.25, -0.2) is 9.90 Å². The average molecular weight is 416 g/mol. The quantitative estimate of drug-likeness (QED) is 0.402. The molecule has 1 aromatic carbocycles. The lowest BCUT2D eigenvalue weighted by atomic mass is 9.79. The molecule has 2 aliphatic rings. The van der Waals surface area contributed by atoms with Crippen LogP contribution in [0.15, 0.2) is 35.2 Å². The van der Waals surface area contributed by atoms with Gasteiger partial charge in [0.05, 0.1) is 11.3 Å². The average Bonchev–Trinajstić information content (AvgIpc) is 2.92. The van der Waals surface area contributed by atoms with Crippen molar-refractivity contribution in [3.63, 3.8) is 0 Å². The molecule has 8 nitrogen and oxygen atoms in total. The highest BCUT2D eigenvalue weighted by Crippen LogP contribution is 2.49. The van der Waals surface area contributed by atoms with Gasteiger partial charge in [-0.2, -0.15) is 0 Å². The van der Waals surface area contributed by atoms with Crippen LogP contribution >= 0.6 is 0 Å². The van der Waals surface area contributed by atoms with E-state index in [1.165, 1.54) is 26.2 Å². The summed E-state index contributed by atoms with van der Waals surface area (Å²) in [6.45, 7) is 4.96. The number of aryl methyl sites for hydroxylation is 1. The van der Waals surface area contributed by atoms with E-state index in [1.807, 2.05) is 31.2 Å². The van der Waals surface area contributed by atoms with Gasteiger partial charge in [-0.3, -0.25) is 9.59 Å². The number of ether oxygens (including phenoxy) is 2. The summed E-state index contributed by atoms with van der Waals surface area (Å²) in [5, 5.41) is 5.40. The molecule has 30 heavy (non-hydrogen) atoms. The number of nitrogens with zero attached hydrogens (tertiary/aromatic N) is 2. The molecule has 1 aliphatic carbocycles. The van der Waals surface area contributed by atoms with Crippen molar-refractivity contribution in [3.8, 4) is 0 Å². The minimum atomic E-state index is -0.931. The Balaban J connectivity index is 2.16. The second-order valence-corrected chi connectivity index (χ2v) is 7.49. The highest BCUT2D eigenvalue weighted by Gasteiger charge is 2.57. The topological polar surface area (TPSA) is 86.7 Å². The van der Waals surface area contributed by atoms with Crippen LogP contribution < -0.4 is 0 Å². The smallest absolute Gasteiger partial charge is 0.307 e. The Hall–Kier alpha value is -2.71. The van der Waals surface area contributed by atoms with E-state index in [-0.39, 0.29) is 5.91 Å². The molecule has 1 amide bonds. The summed E-state index contributed by atoms with van der Waals surface area (Å²) < 4.78 is 11.0. The number of oxime groups is 1. The first kappa shape index (κ1) is 22.0. The Bertz CT molecular complexity index is 881. The molecule has 0 radical (unpaired) electrons. The summed E-state index contributed by atoms with van der Waals surface area (Å²) in [6.07, 6.45) is 1.46. The van der Waals surface area contributed by atoms with Gasteiger partial charge in [0.1, 0.15) is 18.4 Å². The van der Waals surface area contributed by atoms with Crippen molar-refractivity contribution >= 4 is 23.2 Å². The van der Waals surface area contributed by atoms with Crippen LogP contribution in [0.2, 0.25) is 0 Å². The molecular formula is C22H28N2O6. The van der Waals surface area contributed by atoms with E-state index < -0.39 is 17.8 Å². The normalized spacial score (nSPS) is 22.5. The molecule has 8 heteroatoms. The summed E-state index contributed by atoms with van der Waals surface area (Å²) >= 11 is 0. The maximum atomic E-state index is 13.6. The Kier molecular flexibility index (Phi) is 6.58. The molecule has 0 bridgehead atoms. The molecule has 3 rings (SSSR count). The van der Waals surface area contributed by atoms with E-state index in [1.54, 1.807) is 6.92 Å². The van der Waals surface area contributed by atoms with Crippen LogP contribution in [-0.4, -0.2) is 48.7 Å². The van der Waals surface area contributed by atoms with Crippen LogP contribution in [0.5, 0.6) is 0 Å². The molecule has 0 N–H and O–H groups in total. The van der Waals surface area contributed by atoms with Crippen LogP contribution in [0.25, 0.3) is 5.57 Å². The molecule has 1 unspecified atom stereocenters. The van der Waals surface area contributed by atoms with Gasteiger partial charge in [-0.15, -0.1) is 0 Å². The van der Waals surface area contributed by atoms with Gasteiger partial charge in [0, 0.05) is 14.0 Å². The van der Waals surface area contributed by atoms with Gasteiger partial charge in [-0.05, 0) is 50.7 Å². The Labute approximate surface area is 176 Å². The number of amides is 1. The van der Waals surface area contributed by atoms with Crippen molar-refractivity contribution in [2.45, 2.75) is 58.3 Å². The van der Waals surface area contributed by atoms with Gasteiger partial charge in [-0.1, -0.05) is 29.4 Å². The number of esters is 1. The van der Waals surface area contributed by atoms with Crippen LogP contribution in [0.1, 0.15) is 50.7 Å². The Morgan fingerprint density at radius 3 is 2.43 bits per heavy atom. The first-order chi connectivity index (χ1) is 14.3. The maximum Gasteiger partial charge on any atom is 0.307 e. The predicted molar refractivity (Wildman–Crippen MR) is 110 cm³/mol. The van der Waals surface area contributed by atoms with E-state index in [4.69, 9.17) is 19.1 Å².